The molecule has 7 heteroatoms. The van der Waals surface area contributed by atoms with E-state index in [2.05, 4.69) is 10.2 Å². The fraction of sp³-hybridized carbons (Fsp3) is 0.421. The first-order chi connectivity index (χ1) is 12.4. The third-order valence-electron chi connectivity index (χ3n) is 4.43. The fourth-order valence-electron chi connectivity index (χ4n) is 2.92. The normalized spacial score (nSPS) is 12.9. The number of likely N-dealkylation sites (N-methyl/N-ethyl adjacent to an activating group) is 1. The number of hydrogen-bond acceptors (Lipinski definition) is 5. The number of furan rings is 1. The first kappa shape index (κ1) is 20.2. The molecule has 0 aliphatic carbocycles. The van der Waals surface area contributed by atoms with Crippen LogP contribution >= 0.6 is 0 Å². The summed E-state index contributed by atoms with van der Waals surface area (Å²) in [5.41, 5.74) is 0.173. The highest BCUT2D eigenvalue weighted by Crippen LogP contribution is 2.21. The summed E-state index contributed by atoms with van der Waals surface area (Å²) < 4.78 is 30.0. The number of rotatable bonds is 9. The zero-order valence-corrected chi connectivity index (χ0v) is 16.3. The summed E-state index contributed by atoms with van der Waals surface area (Å²) >= 11 is 0. The first-order valence-electron chi connectivity index (χ1n) is 8.82. The van der Waals surface area contributed by atoms with Crippen molar-refractivity contribution in [2.75, 3.05) is 25.4 Å². The van der Waals surface area contributed by atoms with Crippen LogP contribution in [0.1, 0.15) is 42.9 Å². The zero-order chi connectivity index (χ0) is 19.2. The van der Waals surface area contributed by atoms with E-state index in [9.17, 15) is 13.2 Å². The van der Waals surface area contributed by atoms with Crippen LogP contribution in [0.3, 0.4) is 0 Å². The minimum absolute atomic E-state index is 0.0498. The smallest absolute Gasteiger partial charge is 0.252 e. The molecule has 1 unspecified atom stereocenters. The standard InChI is InChI=1S/C19H26N2O4S/c1-4-21(5-2)16(17-11-9-13-25-17)14-20-19(22)15-10-7-8-12-18(15)26(23,24)6-3/h7-13,16H,4-6,14H2,1-3H3,(H,20,22). The molecule has 0 aliphatic rings. The zero-order valence-electron chi connectivity index (χ0n) is 15.4. The molecule has 0 bridgehead atoms. The minimum atomic E-state index is -3.47. The van der Waals surface area contributed by atoms with Crippen molar-refractivity contribution in [2.24, 2.45) is 0 Å². The van der Waals surface area contributed by atoms with Gasteiger partial charge in [0.15, 0.2) is 9.84 Å². The Hall–Kier alpha value is -2.12. The summed E-state index contributed by atoms with van der Waals surface area (Å²) in [5.74, 6) is 0.316. The lowest BCUT2D eigenvalue weighted by Crippen LogP contribution is -2.38. The van der Waals surface area contributed by atoms with Crippen LogP contribution in [-0.2, 0) is 9.84 Å². The van der Waals surface area contributed by atoms with Gasteiger partial charge in [-0.25, -0.2) is 8.42 Å². The van der Waals surface area contributed by atoms with Gasteiger partial charge >= 0.3 is 0 Å². The first-order valence-corrected chi connectivity index (χ1v) is 10.5. The average Bonchev–Trinajstić information content (AvgIpc) is 3.19. The van der Waals surface area contributed by atoms with E-state index >= 15 is 0 Å². The van der Waals surface area contributed by atoms with Crippen molar-refractivity contribution in [1.82, 2.24) is 10.2 Å². The largest absolute Gasteiger partial charge is 0.468 e. The SMILES string of the molecule is CCN(CC)C(CNC(=O)c1ccccc1S(=O)(=O)CC)c1ccco1. The highest BCUT2D eigenvalue weighted by Gasteiger charge is 2.24. The van der Waals surface area contributed by atoms with Crippen molar-refractivity contribution >= 4 is 15.7 Å². The van der Waals surface area contributed by atoms with Crippen LogP contribution in [0.2, 0.25) is 0 Å². The molecular formula is C19H26N2O4S. The van der Waals surface area contributed by atoms with Crippen LogP contribution in [0.5, 0.6) is 0 Å². The molecule has 2 rings (SSSR count). The Morgan fingerprint density at radius 3 is 2.38 bits per heavy atom. The maximum atomic E-state index is 12.7. The van der Waals surface area contributed by atoms with Crippen molar-refractivity contribution in [2.45, 2.75) is 31.7 Å². The number of amides is 1. The second-order valence-corrected chi connectivity index (χ2v) is 8.11. The van der Waals surface area contributed by atoms with E-state index in [1.54, 1.807) is 25.3 Å². The number of benzene rings is 1. The molecule has 0 saturated carbocycles. The van der Waals surface area contributed by atoms with E-state index in [-0.39, 0.29) is 22.3 Å². The highest BCUT2D eigenvalue weighted by molar-refractivity contribution is 7.91. The van der Waals surface area contributed by atoms with Gasteiger partial charge in [0, 0.05) is 6.54 Å². The van der Waals surface area contributed by atoms with Gasteiger partial charge in [0.05, 0.1) is 28.5 Å². The van der Waals surface area contributed by atoms with Gasteiger partial charge in [-0.3, -0.25) is 9.69 Å². The Labute approximate surface area is 155 Å². The van der Waals surface area contributed by atoms with E-state index in [0.29, 0.717) is 6.54 Å². The molecule has 2 aromatic rings. The molecule has 1 aromatic carbocycles. The molecule has 1 heterocycles. The quantitative estimate of drug-likeness (QED) is 0.726. The Kier molecular flexibility index (Phi) is 6.99. The number of sulfone groups is 1. The fourth-order valence-corrected chi connectivity index (χ4v) is 4.01. The molecule has 1 amide bonds. The number of nitrogens with zero attached hydrogens (tertiary/aromatic N) is 1. The lowest BCUT2D eigenvalue weighted by Gasteiger charge is -2.28. The molecule has 1 atom stereocenters. The molecule has 0 spiro atoms. The average molecular weight is 378 g/mol. The topological polar surface area (TPSA) is 79.6 Å². The van der Waals surface area contributed by atoms with Gasteiger partial charge in [0.25, 0.3) is 5.91 Å². The molecule has 142 valence electrons. The third-order valence-corrected chi connectivity index (χ3v) is 6.21. The molecule has 6 nitrogen and oxygen atoms in total. The molecule has 26 heavy (non-hydrogen) atoms. The summed E-state index contributed by atoms with van der Waals surface area (Å²) in [6.45, 7) is 7.59. The highest BCUT2D eigenvalue weighted by atomic mass is 32.2. The summed E-state index contributed by atoms with van der Waals surface area (Å²) in [7, 11) is -3.47. The van der Waals surface area contributed by atoms with Crippen LogP contribution in [0.15, 0.2) is 52.0 Å². The van der Waals surface area contributed by atoms with E-state index in [1.165, 1.54) is 12.1 Å². The van der Waals surface area contributed by atoms with Crippen molar-refractivity contribution in [1.29, 1.82) is 0 Å². The van der Waals surface area contributed by atoms with Crippen molar-refractivity contribution < 1.29 is 17.6 Å². The van der Waals surface area contributed by atoms with Crippen LogP contribution in [0.25, 0.3) is 0 Å². The van der Waals surface area contributed by atoms with Crippen LogP contribution in [0, 0.1) is 0 Å². The lowest BCUT2D eigenvalue weighted by atomic mass is 10.1. The molecular weight excluding hydrogens is 352 g/mol. The summed E-state index contributed by atoms with van der Waals surface area (Å²) in [6, 6.07) is 9.89. The van der Waals surface area contributed by atoms with E-state index < -0.39 is 15.7 Å². The van der Waals surface area contributed by atoms with Crippen LogP contribution in [-0.4, -0.2) is 44.6 Å². The molecule has 0 aliphatic heterocycles. The molecule has 1 aromatic heterocycles. The van der Waals surface area contributed by atoms with E-state index in [1.807, 2.05) is 26.0 Å². The monoisotopic (exact) mass is 378 g/mol. The Morgan fingerprint density at radius 1 is 1.12 bits per heavy atom. The summed E-state index contributed by atoms with van der Waals surface area (Å²) in [6.07, 6.45) is 1.61. The molecule has 0 saturated heterocycles. The van der Waals surface area contributed by atoms with Gasteiger partial charge in [-0.2, -0.15) is 0 Å². The van der Waals surface area contributed by atoms with Gasteiger partial charge in [0.2, 0.25) is 0 Å². The number of carbonyl (C=O) groups is 1. The number of nitrogens with one attached hydrogen (secondary N) is 1. The van der Waals surface area contributed by atoms with Crippen molar-refractivity contribution in [3.63, 3.8) is 0 Å². The predicted molar refractivity (Wildman–Crippen MR) is 101 cm³/mol. The predicted octanol–water partition coefficient (Wildman–Crippen LogP) is 2.89. The Morgan fingerprint density at radius 2 is 1.81 bits per heavy atom. The van der Waals surface area contributed by atoms with Crippen LogP contribution in [0.4, 0.5) is 0 Å². The third kappa shape index (κ3) is 4.53. The molecule has 1 N–H and O–H groups in total. The van der Waals surface area contributed by atoms with E-state index in [0.717, 1.165) is 18.8 Å². The van der Waals surface area contributed by atoms with Crippen molar-refractivity contribution in [3.8, 4) is 0 Å². The van der Waals surface area contributed by atoms with Gasteiger partial charge in [-0.15, -0.1) is 0 Å². The van der Waals surface area contributed by atoms with Gasteiger partial charge in [-0.05, 0) is 37.4 Å². The maximum Gasteiger partial charge on any atom is 0.252 e. The van der Waals surface area contributed by atoms with Crippen molar-refractivity contribution in [3.05, 3.63) is 54.0 Å². The second kappa shape index (κ2) is 9.00. The minimum Gasteiger partial charge on any atom is -0.468 e. The lowest BCUT2D eigenvalue weighted by molar-refractivity contribution is 0.0926. The van der Waals surface area contributed by atoms with E-state index in [4.69, 9.17) is 4.42 Å². The van der Waals surface area contributed by atoms with Crippen LogP contribution < -0.4 is 5.32 Å². The Balaban J connectivity index is 2.22. The van der Waals surface area contributed by atoms with Gasteiger partial charge in [0.1, 0.15) is 5.76 Å². The summed E-state index contributed by atoms with van der Waals surface area (Å²) in [5, 5.41) is 2.87. The second-order valence-electron chi connectivity index (χ2n) is 5.86. The summed E-state index contributed by atoms with van der Waals surface area (Å²) in [4.78, 5) is 14.9. The number of hydrogen-bond donors (Lipinski definition) is 1. The van der Waals surface area contributed by atoms with Gasteiger partial charge < -0.3 is 9.73 Å². The Bertz CT molecular complexity index is 812. The molecule has 0 radical (unpaired) electrons. The maximum absolute atomic E-state index is 12.7. The number of carbonyl (C=O) groups excluding carboxylic acids is 1. The molecule has 0 fully saturated rings. The van der Waals surface area contributed by atoms with Gasteiger partial charge in [-0.1, -0.05) is 32.9 Å².